The first kappa shape index (κ1) is 12.2. The molecule has 94 valence electrons. The van der Waals surface area contributed by atoms with Gasteiger partial charge >= 0.3 is 5.97 Å². The second kappa shape index (κ2) is 5.40. The van der Waals surface area contributed by atoms with Gasteiger partial charge in [-0.25, -0.2) is 0 Å². The number of aromatic amines is 1. The number of nitrogens with one attached hydrogen (secondary N) is 1. The van der Waals surface area contributed by atoms with Crippen LogP contribution in [-0.4, -0.2) is 16.1 Å². The molecule has 2 aromatic rings. The number of benzene rings is 1. The van der Waals surface area contributed by atoms with Crippen molar-refractivity contribution < 1.29 is 14.6 Å². The number of H-pyrrole nitrogens is 1. The van der Waals surface area contributed by atoms with Crippen LogP contribution >= 0.6 is 0 Å². The van der Waals surface area contributed by atoms with Crippen molar-refractivity contribution in [3.05, 3.63) is 53.9 Å². The molecule has 0 fully saturated rings. The average molecular weight is 245 g/mol. The van der Waals surface area contributed by atoms with Gasteiger partial charge in [-0.15, -0.1) is 0 Å². The lowest BCUT2D eigenvalue weighted by Crippen LogP contribution is -2.07. The first-order valence-corrected chi connectivity index (χ1v) is 5.76. The summed E-state index contributed by atoms with van der Waals surface area (Å²) < 4.78 is 5.80. The van der Waals surface area contributed by atoms with Crippen LogP contribution in [0, 0.1) is 0 Å². The van der Waals surface area contributed by atoms with Gasteiger partial charge in [-0.3, -0.25) is 4.79 Å². The Morgan fingerprint density at radius 1 is 1.33 bits per heavy atom. The van der Waals surface area contributed by atoms with Gasteiger partial charge in [0.2, 0.25) is 0 Å². The van der Waals surface area contributed by atoms with Gasteiger partial charge < -0.3 is 14.8 Å². The topological polar surface area (TPSA) is 62.3 Å². The zero-order valence-corrected chi connectivity index (χ0v) is 10.1. The van der Waals surface area contributed by atoms with Crippen molar-refractivity contribution >= 4 is 5.97 Å². The van der Waals surface area contributed by atoms with Gasteiger partial charge in [0.05, 0.1) is 12.1 Å². The minimum absolute atomic E-state index is 0.0341. The molecule has 0 amide bonds. The van der Waals surface area contributed by atoms with E-state index in [1.807, 2.05) is 37.4 Å². The minimum Gasteiger partial charge on any atom is -0.484 e. The molecule has 0 spiro atoms. The summed E-state index contributed by atoms with van der Waals surface area (Å²) in [5, 5.41) is 8.85. The van der Waals surface area contributed by atoms with Crippen LogP contribution in [0.1, 0.15) is 24.3 Å². The summed E-state index contributed by atoms with van der Waals surface area (Å²) in [7, 11) is 0. The maximum Gasteiger partial charge on any atom is 0.307 e. The molecule has 1 aromatic heterocycles. The van der Waals surface area contributed by atoms with E-state index in [0.29, 0.717) is 11.3 Å². The summed E-state index contributed by atoms with van der Waals surface area (Å²) in [6.45, 7) is 1.92. The molecule has 0 aliphatic heterocycles. The van der Waals surface area contributed by atoms with Gasteiger partial charge in [0, 0.05) is 11.8 Å². The summed E-state index contributed by atoms with van der Waals surface area (Å²) in [5.74, 6) is -0.249. The van der Waals surface area contributed by atoms with Gasteiger partial charge in [-0.05, 0) is 25.1 Å². The number of para-hydroxylation sites is 1. The predicted molar refractivity (Wildman–Crippen MR) is 67.6 cm³/mol. The summed E-state index contributed by atoms with van der Waals surface area (Å²) in [4.78, 5) is 13.8. The van der Waals surface area contributed by atoms with Crippen LogP contribution in [0.2, 0.25) is 0 Å². The van der Waals surface area contributed by atoms with Crippen LogP contribution in [0.3, 0.4) is 0 Å². The monoisotopic (exact) mass is 245 g/mol. The van der Waals surface area contributed by atoms with Crippen LogP contribution < -0.4 is 4.74 Å². The van der Waals surface area contributed by atoms with Crippen LogP contribution in [0.25, 0.3) is 0 Å². The lowest BCUT2D eigenvalue weighted by Gasteiger charge is -2.16. The first-order chi connectivity index (χ1) is 8.66. The van der Waals surface area contributed by atoms with E-state index >= 15 is 0 Å². The van der Waals surface area contributed by atoms with Crippen molar-refractivity contribution in [2.75, 3.05) is 0 Å². The zero-order valence-electron chi connectivity index (χ0n) is 10.1. The van der Waals surface area contributed by atoms with Crippen LogP contribution in [0.4, 0.5) is 0 Å². The molecule has 2 rings (SSSR count). The number of carbonyl (C=O) groups is 1. The Bertz CT molecular complexity index is 520. The van der Waals surface area contributed by atoms with E-state index in [4.69, 9.17) is 9.84 Å². The molecule has 0 saturated carbocycles. The number of carboxylic acid groups (broad SMARTS) is 1. The molecule has 0 aliphatic carbocycles. The number of aliphatic carboxylic acids is 1. The molecule has 2 N–H and O–H groups in total. The van der Waals surface area contributed by atoms with Crippen LogP contribution in [-0.2, 0) is 11.2 Å². The van der Waals surface area contributed by atoms with Gasteiger partial charge in [0.1, 0.15) is 11.9 Å². The third-order valence-corrected chi connectivity index (χ3v) is 2.68. The third-order valence-electron chi connectivity index (χ3n) is 2.68. The summed E-state index contributed by atoms with van der Waals surface area (Å²) in [5.41, 5.74) is 1.64. The highest BCUT2D eigenvalue weighted by atomic mass is 16.5. The lowest BCUT2D eigenvalue weighted by atomic mass is 10.1. The maximum atomic E-state index is 10.8. The Labute approximate surface area is 105 Å². The Balaban J connectivity index is 2.16. The van der Waals surface area contributed by atoms with Crippen molar-refractivity contribution in [2.45, 2.75) is 19.4 Å². The molecule has 4 heteroatoms. The molecule has 1 atom stereocenters. The first-order valence-electron chi connectivity index (χ1n) is 5.76. The lowest BCUT2D eigenvalue weighted by molar-refractivity contribution is -0.136. The number of ether oxygens (including phenoxy) is 1. The van der Waals surface area contributed by atoms with E-state index in [1.165, 1.54) is 0 Å². The molecule has 0 aliphatic rings. The molecular formula is C14H15NO3. The average Bonchev–Trinajstić information content (AvgIpc) is 2.84. The second-order valence-corrected chi connectivity index (χ2v) is 4.06. The van der Waals surface area contributed by atoms with E-state index in [-0.39, 0.29) is 12.5 Å². The fourth-order valence-electron chi connectivity index (χ4n) is 1.78. The van der Waals surface area contributed by atoms with Gasteiger partial charge in [-0.2, -0.15) is 0 Å². The number of carboxylic acids is 1. The normalized spacial score (nSPS) is 12.1. The highest BCUT2D eigenvalue weighted by Gasteiger charge is 2.12. The largest absolute Gasteiger partial charge is 0.484 e. The number of hydrogen-bond acceptors (Lipinski definition) is 2. The standard InChI is InChI=1S/C14H15NO3/c1-10(12-6-4-8-15-12)18-13-7-3-2-5-11(13)9-14(16)17/h2-8,10,15H,9H2,1H3,(H,16,17). The summed E-state index contributed by atoms with van der Waals surface area (Å²) >= 11 is 0. The van der Waals surface area contributed by atoms with E-state index < -0.39 is 5.97 Å². The van der Waals surface area contributed by atoms with E-state index in [2.05, 4.69) is 4.98 Å². The number of hydrogen-bond donors (Lipinski definition) is 2. The number of rotatable bonds is 5. The van der Waals surface area contributed by atoms with Crippen molar-refractivity contribution in [3.8, 4) is 5.75 Å². The molecule has 0 radical (unpaired) electrons. The highest BCUT2D eigenvalue weighted by molar-refractivity contribution is 5.71. The Morgan fingerprint density at radius 2 is 2.11 bits per heavy atom. The van der Waals surface area contributed by atoms with Gasteiger partial charge in [0.15, 0.2) is 0 Å². The fourth-order valence-corrected chi connectivity index (χ4v) is 1.78. The SMILES string of the molecule is CC(Oc1ccccc1CC(=O)O)c1ccc[nH]1. The van der Waals surface area contributed by atoms with E-state index in [1.54, 1.807) is 12.1 Å². The molecule has 1 aromatic carbocycles. The van der Waals surface area contributed by atoms with Crippen LogP contribution in [0.5, 0.6) is 5.75 Å². The Morgan fingerprint density at radius 3 is 2.78 bits per heavy atom. The Hall–Kier alpha value is -2.23. The van der Waals surface area contributed by atoms with Crippen molar-refractivity contribution in [3.63, 3.8) is 0 Å². The van der Waals surface area contributed by atoms with Crippen LogP contribution in [0.15, 0.2) is 42.6 Å². The maximum absolute atomic E-state index is 10.8. The molecule has 0 saturated heterocycles. The highest BCUT2D eigenvalue weighted by Crippen LogP contribution is 2.24. The molecule has 1 unspecified atom stereocenters. The smallest absolute Gasteiger partial charge is 0.307 e. The third kappa shape index (κ3) is 2.91. The molecular weight excluding hydrogens is 230 g/mol. The minimum atomic E-state index is -0.862. The van der Waals surface area contributed by atoms with E-state index in [9.17, 15) is 4.79 Å². The van der Waals surface area contributed by atoms with Crippen molar-refractivity contribution in [2.24, 2.45) is 0 Å². The molecule has 18 heavy (non-hydrogen) atoms. The quantitative estimate of drug-likeness (QED) is 0.851. The fraction of sp³-hybridized carbons (Fsp3) is 0.214. The molecule has 0 bridgehead atoms. The Kier molecular flexibility index (Phi) is 3.67. The molecule has 4 nitrogen and oxygen atoms in total. The predicted octanol–water partition coefficient (Wildman–Crippen LogP) is 2.78. The van der Waals surface area contributed by atoms with Crippen molar-refractivity contribution in [1.82, 2.24) is 4.98 Å². The van der Waals surface area contributed by atoms with Gasteiger partial charge in [0.25, 0.3) is 0 Å². The summed E-state index contributed by atoms with van der Waals surface area (Å²) in [6, 6.07) is 11.0. The molecule has 1 heterocycles. The van der Waals surface area contributed by atoms with Crippen molar-refractivity contribution in [1.29, 1.82) is 0 Å². The van der Waals surface area contributed by atoms with E-state index in [0.717, 1.165) is 5.69 Å². The summed E-state index contributed by atoms with van der Waals surface area (Å²) in [6.07, 6.45) is 1.65. The van der Waals surface area contributed by atoms with Gasteiger partial charge in [-0.1, -0.05) is 18.2 Å². The second-order valence-electron chi connectivity index (χ2n) is 4.06. The number of aromatic nitrogens is 1. The zero-order chi connectivity index (χ0) is 13.0.